The highest BCUT2D eigenvalue weighted by Crippen LogP contribution is 2.44. The van der Waals surface area contributed by atoms with E-state index in [1.54, 1.807) is 0 Å². The maximum atomic E-state index is 9.58. The molecule has 1 aliphatic rings. The molecule has 106 valence electrons. The number of nitrogens with one attached hydrogen (secondary N) is 1. The van der Waals surface area contributed by atoms with Crippen LogP contribution in [-0.2, 0) is 5.41 Å². The molecule has 3 rings (SSSR count). The van der Waals surface area contributed by atoms with Gasteiger partial charge in [-0.1, -0.05) is 46.3 Å². The number of hydrogen-bond donors (Lipinski definition) is 1. The lowest BCUT2D eigenvalue weighted by atomic mass is 9.62. The SMILES string of the molecule is Cc1cc(Br)cc(NC2CC(C#N)(c3ccccc3)C2)c1. The number of anilines is 1. The largest absolute Gasteiger partial charge is 0.382 e. The van der Waals surface area contributed by atoms with Crippen LogP contribution in [0, 0.1) is 18.3 Å². The minimum atomic E-state index is -0.319. The highest BCUT2D eigenvalue weighted by atomic mass is 79.9. The van der Waals surface area contributed by atoms with Gasteiger partial charge in [0.2, 0.25) is 0 Å². The van der Waals surface area contributed by atoms with Crippen LogP contribution >= 0.6 is 15.9 Å². The number of aryl methyl sites for hydroxylation is 1. The van der Waals surface area contributed by atoms with Crippen LogP contribution in [0.15, 0.2) is 53.0 Å². The van der Waals surface area contributed by atoms with Crippen LogP contribution in [0.4, 0.5) is 5.69 Å². The number of hydrogen-bond acceptors (Lipinski definition) is 2. The first-order valence-electron chi connectivity index (χ1n) is 7.12. The summed E-state index contributed by atoms with van der Waals surface area (Å²) < 4.78 is 1.08. The summed E-state index contributed by atoms with van der Waals surface area (Å²) in [6.45, 7) is 2.08. The van der Waals surface area contributed by atoms with Crippen molar-refractivity contribution in [1.29, 1.82) is 5.26 Å². The minimum Gasteiger partial charge on any atom is -0.382 e. The van der Waals surface area contributed by atoms with Gasteiger partial charge in [0.15, 0.2) is 0 Å². The quantitative estimate of drug-likeness (QED) is 0.871. The third kappa shape index (κ3) is 2.82. The van der Waals surface area contributed by atoms with E-state index in [4.69, 9.17) is 0 Å². The number of halogens is 1. The molecule has 0 amide bonds. The first-order valence-corrected chi connectivity index (χ1v) is 7.91. The highest BCUT2D eigenvalue weighted by molar-refractivity contribution is 9.10. The third-order valence-corrected chi connectivity index (χ3v) is 4.60. The van der Waals surface area contributed by atoms with Crippen molar-refractivity contribution in [2.75, 3.05) is 5.32 Å². The van der Waals surface area contributed by atoms with Crippen molar-refractivity contribution in [3.63, 3.8) is 0 Å². The van der Waals surface area contributed by atoms with Crippen LogP contribution in [0.5, 0.6) is 0 Å². The van der Waals surface area contributed by atoms with E-state index in [0.717, 1.165) is 28.6 Å². The number of benzene rings is 2. The molecule has 2 aromatic rings. The van der Waals surface area contributed by atoms with Gasteiger partial charge in [0.05, 0.1) is 11.5 Å². The molecule has 0 aliphatic heterocycles. The van der Waals surface area contributed by atoms with Crippen LogP contribution in [0.2, 0.25) is 0 Å². The van der Waals surface area contributed by atoms with Crippen LogP contribution in [0.25, 0.3) is 0 Å². The lowest BCUT2D eigenvalue weighted by Crippen LogP contribution is -2.47. The Bertz CT molecular complexity index is 662. The van der Waals surface area contributed by atoms with E-state index < -0.39 is 0 Å². The number of nitrogens with zero attached hydrogens (tertiary/aromatic N) is 1. The van der Waals surface area contributed by atoms with Crippen molar-refractivity contribution in [3.05, 3.63) is 64.1 Å². The van der Waals surface area contributed by atoms with Crippen LogP contribution < -0.4 is 5.32 Å². The van der Waals surface area contributed by atoms with Crippen molar-refractivity contribution in [1.82, 2.24) is 0 Å². The average molecular weight is 341 g/mol. The fourth-order valence-electron chi connectivity index (χ4n) is 3.09. The van der Waals surface area contributed by atoms with Gasteiger partial charge in [0.25, 0.3) is 0 Å². The van der Waals surface area contributed by atoms with E-state index in [9.17, 15) is 5.26 Å². The molecule has 3 heteroatoms. The Morgan fingerprint density at radius 1 is 1.19 bits per heavy atom. The van der Waals surface area contributed by atoms with Gasteiger partial charge in [-0.3, -0.25) is 0 Å². The van der Waals surface area contributed by atoms with Gasteiger partial charge in [0.1, 0.15) is 0 Å². The second-order valence-electron chi connectivity index (χ2n) is 5.83. The topological polar surface area (TPSA) is 35.8 Å². The molecule has 2 nitrogen and oxygen atoms in total. The second-order valence-corrected chi connectivity index (χ2v) is 6.74. The zero-order valence-electron chi connectivity index (χ0n) is 11.9. The molecule has 0 atom stereocenters. The van der Waals surface area contributed by atoms with Crippen LogP contribution in [-0.4, -0.2) is 6.04 Å². The summed E-state index contributed by atoms with van der Waals surface area (Å²) in [6, 6.07) is 19.3. The maximum absolute atomic E-state index is 9.58. The Kier molecular flexibility index (Phi) is 3.73. The Hall–Kier alpha value is -1.79. The smallest absolute Gasteiger partial charge is 0.0861 e. The third-order valence-electron chi connectivity index (χ3n) is 4.14. The Morgan fingerprint density at radius 3 is 2.52 bits per heavy atom. The lowest BCUT2D eigenvalue weighted by molar-refractivity contribution is 0.289. The van der Waals surface area contributed by atoms with Crippen LogP contribution in [0.1, 0.15) is 24.0 Å². The molecule has 1 fully saturated rings. The van der Waals surface area contributed by atoms with E-state index in [1.165, 1.54) is 5.56 Å². The predicted octanol–water partition coefficient (Wildman–Crippen LogP) is 4.79. The summed E-state index contributed by atoms with van der Waals surface area (Å²) in [7, 11) is 0. The fourth-order valence-corrected chi connectivity index (χ4v) is 3.70. The van der Waals surface area contributed by atoms with Gasteiger partial charge in [-0.25, -0.2) is 0 Å². The molecular weight excluding hydrogens is 324 g/mol. The average Bonchev–Trinajstić information content (AvgIpc) is 2.42. The van der Waals surface area contributed by atoms with Gasteiger partial charge in [-0.2, -0.15) is 5.26 Å². The van der Waals surface area contributed by atoms with Gasteiger partial charge in [-0.05, 0) is 49.1 Å². The summed E-state index contributed by atoms with van der Waals surface area (Å²) in [5.74, 6) is 0. The molecule has 0 spiro atoms. The van der Waals surface area contributed by atoms with Crippen LogP contribution in [0.3, 0.4) is 0 Å². The van der Waals surface area contributed by atoms with E-state index >= 15 is 0 Å². The first-order chi connectivity index (χ1) is 10.1. The lowest BCUT2D eigenvalue weighted by Gasteiger charge is -2.43. The first kappa shape index (κ1) is 14.2. The van der Waals surface area contributed by atoms with E-state index in [0.29, 0.717) is 6.04 Å². The molecule has 0 heterocycles. The van der Waals surface area contributed by atoms with Gasteiger partial charge in [0, 0.05) is 16.2 Å². The zero-order chi connectivity index (χ0) is 14.9. The molecule has 0 bridgehead atoms. The molecule has 1 aliphatic carbocycles. The van der Waals surface area contributed by atoms with Crippen molar-refractivity contribution in [2.24, 2.45) is 0 Å². The van der Waals surface area contributed by atoms with E-state index in [-0.39, 0.29) is 5.41 Å². The Labute approximate surface area is 133 Å². The molecule has 0 saturated heterocycles. The predicted molar refractivity (Wildman–Crippen MR) is 89.3 cm³/mol. The zero-order valence-corrected chi connectivity index (χ0v) is 13.5. The minimum absolute atomic E-state index is 0.319. The summed E-state index contributed by atoms with van der Waals surface area (Å²) in [4.78, 5) is 0. The normalized spacial score (nSPS) is 24.0. The van der Waals surface area contributed by atoms with Crippen molar-refractivity contribution < 1.29 is 0 Å². The fraction of sp³-hybridized carbons (Fsp3) is 0.278. The summed E-state index contributed by atoms with van der Waals surface area (Å²) in [5.41, 5.74) is 3.16. The molecule has 0 radical (unpaired) electrons. The molecular formula is C18H17BrN2. The molecule has 2 aromatic carbocycles. The molecule has 0 aromatic heterocycles. The van der Waals surface area contributed by atoms with Gasteiger partial charge < -0.3 is 5.32 Å². The number of nitriles is 1. The molecule has 21 heavy (non-hydrogen) atoms. The maximum Gasteiger partial charge on any atom is 0.0861 e. The molecule has 1 saturated carbocycles. The van der Waals surface area contributed by atoms with Gasteiger partial charge >= 0.3 is 0 Å². The van der Waals surface area contributed by atoms with Gasteiger partial charge in [-0.15, -0.1) is 0 Å². The Morgan fingerprint density at radius 2 is 1.90 bits per heavy atom. The molecule has 0 unspecified atom stereocenters. The summed E-state index contributed by atoms with van der Waals surface area (Å²) >= 11 is 3.52. The Balaban J connectivity index is 1.71. The summed E-state index contributed by atoms with van der Waals surface area (Å²) in [6.07, 6.45) is 1.72. The van der Waals surface area contributed by atoms with E-state index in [1.807, 2.05) is 18.2 Å². The van der Waals surface area contributed by atoms with Crippen molar-refractivity contribution in [3.8, 4) is 6.07 Å². The number of rotatable bonds is 3. The van der Waals surface area contributed by atoms with Crippen molar-refractivity contribution >= 4 is 21.6 Å². The second kappa shape index (κ2) is 5.54. The monoisotopic (exact) mass is 340 g/mol. The van der Waals surface area contributed by atoms with Crippen molar-refractivity contribution in [2.45, 2.75) is 31.2 Å². The molecule has 1 N–H and O–H groups in total. The van der Waals surface area contributed by atoms with E-state index in [2.05, 4.69) is 64.6 Å². The summed E-state index contributed by atoms with van der Waals surface area (Å²) in [5, 5.41) is 13.1. The standard InChI is InChI=1S/C18H17BrN2/c1-13-7-15(19)9-16(8-13)21-17-10-18(11-17,12-20)14-5-3-2-4-6-14/h2-9,17,21H,10-11H2,1H3. The highest BCUT2D eigenvalue weighted by Gasteiger charge is 2.46.